The number of hydrogen-bond acceptors (Lipinski definition) is 1. The van der Waals surface area contributed by atoms with Gasteiger partial charge < -0.3 is 5.11 Å². The minimum atomic E-state index is -0.659. The summed E-state index contributed by atoms with van der Waals surface area (Å²) in [4.78, 5) is 10.2. The Morgan fingerprint density at radius 3 is 1.67 bits per heavy atom. The molecule has 0 aliphatic heterocycles. The Kier molecular flexibility index (Phi) is 16.2. The molecule has 0 spiro atoms. The average molecular weight is 256 g/mol. The van der Waals surface area contributed by atoms with Crippen molar-refractivity contribution in [1.29, 1.82) is 0 Å². The van der Waals surface area contributed by atoms with Crippen LogP contribution in [-0.4, -0.2) is 11.1 Å². The summed E-state index contributed by atoms with van der Waals surface area (Å²) in [7, 11) is 0. The van der Waals surface area contributed by atoms with Crippen LogP contribution in [0.5, 0.6) is 0 Å². The first kappa shape index (κ1) is 17.4. The molecule has 2 nitrogen and oxygen atoms in total. The molecule has 15 heavy (non-hydrogen) atoms. The Labute approximate surface area is 104 Å². The normalized spacial score (nSPS) is 9.67. The second-order valence-corrected chi connectivity index (χ2v) is 3.97. The molecule has 0 amide bonds. The standard InChI is InChI=1S/C12H24O2.Fe/c1-2-3-4-5-6-7-8-9-10-11-12(13)14;/h2-11H2,1H3,(H,13,14);/q;+3. The van der Waals surface area contributed by atoms with Crippen molar-refractivity contribution in [3.8, 4) is 0 Å². The maximum absolute atomic E-state index is 10.2. The molecule has 89 valence electrons. The third kappa shape index (κ3) is 16.7. The summed E-state index contributed by atoms with van der Waals surface area (Å²) in [6.07, 6.45) is 11.5. The van der Waals surface area contributed by atoms with Crippen LogP contribution in [0.3, 0.4) is 0 Å². The van der Waals surface area contributed by atoms with E-state index in [1.807, 2.05) is 0 Å². The largest absolute Gasteiger partial charge is 3.00 e. The van der Waals surface area contributed by atoms with Crippen molar-refractivity contribution in [1.82, 2.24) is 0 Å². The first-order chi connectivity index (χ1) is 6.77. The van der Waals surface area contributed by atoms with Crippen molar-refractivity contribution in [3.05, 3.63) is 0 Å². The molecule has 1 N–H and O–H groups in total. The zero-order valence-corrected chi connectivity index (χ0v) is 10.9. The van der Waals surface area contributed by atoms with Crippen LogP contribution in [0.2, 0.25) is 0 Å². The zero-order valence-electron chi connectivity index (χ0n) is 9.78. The molecule has 0 saturated heterocycles. The second kappa shape index (κ2) is 14.0. The fraction of sp³-hybridized carbons (Fsp3) is 0.917. The van der Waals surface area contributed by atoms with Crippen LogP contribution in [0.4, 0.5) is 0 Å². The van der Waals surface area contributed by atoms with E-state index in [-0.39, 0.29) is 17.1 Å². The van der Waals surface area contributed by atoms with E-state index < -0.39 is 5.97 Å². The Morgan fingerprint density at radius 1 is 0.867 bits per heavy atom. The van der Waals surface area contributed by atoms with Crippen LogP contribution in [-0.2, 0) is 21.9 Å². The quantitative estimate of drug-likeness (QED) is 0.474. The van der Waals surface area contributed by atoms with Gasteiger partial charge in [0.1, 0.15) is 0 Å². The fourth-order valence-electron chi connectivity index (χ4n) is 1.59. The predicted molar refractivity (Wildman–Crippen MR) is 59.5 cm³/mol. The number of hydrogen-bond donors (Lipinski definition) is 1. The molecule has 0 saturated carbocycles. The molecule has 0 aromatic heterocycles. The van der Waals surface area contributed by atoms with Gasteiger partial charge in [-0.15, -0.1) is 0 Å². The molecule has 0 aliphatic rings. The zero-order chi connectivity index (χ0) is 10.6. The predicted octanol–water partition coefficient (Wildman–Crippen LogP) is 3.99. The molecule has 0 aromatic rings. The van der Waals surface area contributed by atoms with E-state index in [1.165, 1.54) is 44.9 Å². The fourth-order valence-corrected chi connectivity index (χ4v) is 1.59. The minimum Gasteiger partial charge on any atom is -0.481 e. The number of carboxylic acid groups (broad SMARTS) is 1. The molecular formula is C12H24FeO2+3. The minimum absolute atomic E-state index is 0. The van der Waals surface area contributed by atoms with Gasteiger partial charge in [0.05, 0.1) is 0 Å². The third-order valence-electron chi connectivity index (χ3n) is 2.49. The van der Waals surface area contributed by atoms with E-state index in [9.17, 15) is 4.79 Å². The van der Waals surface area contributed by atoms with Crippen molar-refractivity contribution < 1.29 is 27.0 Å². The first-order valence-electron chi connectivity index (χ1n) is 5.99. The SMILES string of the molecule is CCCCCCCCCCCC(=O)O.[Fe+3]. The van der Waals surface area contributed by atoms with Crippen LogP contribution in [0.1, 0.15) is 71.1 Å². The van der Waals surface area contributed by atoms with Crippen LogP contribution in [0.25, 0.3) is 0 Å². The van der Waals surface area contributed by atoms with E-state index in [4.69, 9.17) is 5.11 Å². The summed E-state index contributed by atoms with van der Waals surface area (Å²) in [6.45, 7) is 2.23. The van der Waals surface area contributed by atoms with E-state index in [0.29, 0.717) is 6.42 Å². The summed E-state index contributed by atoms with van der Waals surface area (Å²) in [5.74, 6) is -0.659. The van der Waals surface area contributed by atoms with Crippen LogP contribution in [0, 0.1) is 0 Å². The van der Waals surface area contributed by atoms with Gasteiger partial charge in [0.15, 0.2) is 0 Å². The van der Waals surface area contributed by atoms with Crippen molar-refractivity contribution in [3.63, 3.8) is 0 Å². The van der Waals surface area contributed by atoms with Crippen molar-refractivity contribution in [2.24, 2.45) is 0 Å². The van der Waals surface area contributed by atoms with Crippen molar-refractivity contribution in [2.45, 2.75) is 71.1 Å². The van der Waals surface area contributed by atoms with Gasteiger partial charge in [0, 0.05) is 6.42 Å². The Balaban J connectivity index is 0. The summed E-state index contributed by atoms with van der Waals surface area (Å²) in [6, 6.07) is 0. The van der Waals surface area contributed by atoms with Crippen LogP contribution < -0.4 is 0 Å². The van der Waals surface area contributed by atoms with Gasteiger partial charge in [0.2, 0.25) is 0 Å². The van der Waals surface area contributed by atoms with Crippen molar-refractivity contribution >= 4 is 5.97 Å². The number of aliphatic carboxylic acids is 1. The van der Waals surface area contributed by atoms with Gasteiger partial charge >= 0.3 is 23.0 Å². The monoisotopic (exact) mass is 256 g/mol. The van der Waals surface area contributed by atoms with Gasteiger partial charge in [0.25, 0.3) is 0 Å². The smallest absolute Gasteiger partial charge is 0.481 e. The topological polar surface area (TPSA) is 37.3 Å². The Morgan fingerprint density at radius 2 is 1.27 bits per heavy atom. The van der Waals surface area contributed by atoms with E-state index in [1.54, 1.807) is 0 Å². The number of carbonyl (C=O) groups is 1. The maximum Gasteiger partial charge on any atom is 3.00 e. The van der Waals surface area contributed by atoms with Crippen LogP contribution >= 0.6 is 0 Å². The molecule has 0 bridgehead atoms. The van der Waals surface area contributed by atoms with Gasteiger partial charge in [-0.05, 0) is 6.42 Å². The molecular weight excluding hydrogens is 232 g/mol. The summed E-state index contributed by atoms with van der Waals surface area (Å²) in [5, 5.41) is 8.41. The third-order valence-corrected chi connectivity index (χ3v) is 2.49. The van der Waals surface area contributed by atoms with Gasteiger partial charge in [-0.1, -0.05) is 58.3 Å². The Bertz CT molecular complexity index is 138. The second-order valence-electron chi connectivity index (χ2n) is 3.97. The molecule has 0 unspecified atom stereocenters. The molecule has 0 aliphatic carbocycles. The van der Waals surface area contributed by atoms with E-state index in [2.05, 4.69) is 6.92 Å². The van der Waals surface area contributed by atoms with E-state index >= 15 is 0 Å². The van der Waals surface area contributed by atoms with Gasteiger partial charge in [-0.3, -0.25) is 4.79 Å². The van der Waals surface area contributed by atoms with Gasteiger partial charge in [-0.25, -0.2) is 0 Å². The van der Waals surface area contributed by atoms with Crippen LogP contribution in [0.15, 0.2) is 0 Å². The maximum atomic E-state index is 10.2. The molecule has 0 rings (SSSR count). The first-order valence-corrected chi connectivity index (χ1v) is 5.99. The number of unbranched alkanes of at least 4 members (excludes halogenated alkanes) is 8. The molecule has 0 atom stereocenters. The molecule has 1 radical (unpaired) electrons. The molecule has 0 fully saturated rings. The molecule has 0 heterocycles. The molecule has 3 heteroatoms. The van der Waals surface area contributed by atoms with E-state index in [0.717, 1.165) is 12.8 Å². The average Bonchev–Trinajstić information content (AvgIpc) is 2.15. The summed E-state index contributed by atoms with van der Waals surface area (Å²) >= 11 is 0. The number of rotatable bonds is 10. The summed E-state index contributed by atoms with van der Waals surface area (Å²) < 4.78 is 0. The van der Waals surface area contributed by atoms with Crippen molar-refractivity contribution in [2.75, 3.05) is 0 Å². The molecule has 0 aromatic carbocycles. The summed E-state index contributed by atoms with van der Waals surface area (Å²) in [5.41, 5.74) is 0. The van der Waals surface area contributed by atoms with Gasteiger partial charge in [-0.2, -0.15) is 0 Å². The number of carboxylic acids is 1. The Hall–Kier alpha value is -0.0105.